The molecule has 2 rings (SSSR count). The Kier molecular flexibility index (Phi) is 4.64. The Morgan fingerprint density at radius 1 is 0.913 bits per heavy atom. The molecular weight excluding hydrogens is 316 g/mol. The highest BCUT2D eigenvalue weighted by Gasteiger charge is 2.34. The Balaban J connectivity index is 2.52. The summed E-state index contributed by atoms with van der Waals surface area (Å²) in [6.07, 6.45) is 0.952. The van der Waals surface area contributed by atoms with Crippen molar-refractivity contribution >= 4 is 27.1 Å². The molecule has 0 aliphatic rings. The molecule has 0 aliphatic heterocycles. The fourth-order valence-corrected chi connectivity index (χ4v) is 2.91. The molecule has 0 N–H and O–H groups in total. The zero-order chi connectivity index (χ0) is 17.0. The van der Waals surface area contributed by atoms with Gasteiger partial charge in [0.05, 0.1) is 4.90 Å². The molecule has 116 valence electrons. The van der Waals surface area contributed by atoms with Gasteiger partial charge in [-0.1, -0.05) is 42.5 Å². The van der Waals surface area contributed by atoms with Crippen molar-refractivity contribution in [1.82, 2.24) is 0 Å². The number of carbonyl (C=O) groups is 2. The highest BCUT2D eigenvalue weighted by atomic mass is 32.2. The molecule has 0 radical (unpaired) electrons. The third-order valence-corrected chi connectivity index (χ3v) is 4.25. The van der Waals surface area contributed by atoms with Gasteiger partial charge < -0.3 is 5.53 Å². The molecule has 0 saturated carbocycles. The van der Waals surface area contributed by atoms with Crippen molar-refractivity contribution in [3.05, 3.63) is 71.3 Å². The fraction of sp³-hybridized carbons (Fsp3) is 0.0625. The molecule has 2 aromatic carbocycles. The number of Topliss-reactive ketones (excluding diaryl/α,β-unsaturated/α-hetero) is 2. The SMILES string of the molecule is CS(=O)(=O)c1ccccc1C(=O)C(=[N+]=[N-])C(=O)c1ccccc1. The second-order valence-corrected chi connectivity index (χ2v) is 6.73. The first-order valence-corrected chi connectivity index (χ1v) is 8.41. The minimum absolute atomic E-state index is 0.158. The smallest absolute Gasteiger partial charge is 0.360 e. The van der Waals surface area contributed by atoms with Crippen LogP contribution in [0.5, 0.6) is 0 Å². The average molecular weight is 328 g/mol. The molecule has 0 bridgehead atoms. The summed E-state index contributed by atoms with van der Waals surface area (Å²) in [5.74, 6) is -1.75. The van der Waals surface area contributed by atoms with Gasteiger partial charge in [0.15, 0.2) is 9.84 Å². The molecule has 0 fully saturated rings. The van der Waals surface area contributed by atoms with E-state index in [1.807, 2.05) is 0 Å². The predicted octanol–water partition coefficient (Wildman–Crippen LogP) is 1.83. The van der Waals surface area contributed by atoms with Crippen molar-refractivity contribution < 1.29 is 22.8 Å². The van der Waals surface area contributed by atoms with Gasteiger partial charge in [0.1, 0.15) is 0 Å². The lowest BCUT2D eigenvalue weighted by atomic mass is 9.99. The lowest BCUT2D eigenvalue weighted by Crippen LogP contribution is -2.27. The molecule has 0 aromatic heterocycles. The topological polar surface area (TPSA) is 105 Å². The standard InChI is InChI=1S/C16H12N2O4S/c1-23(21,22)13-10-6-5-9-12(13)16(20)14(18-17)15(19)11-7-3-2-4-8-11/h2-10H,1H3. The van der Waals surface area contributed by atoms with Gasteiger partial charge in [-0.2, -0.15) is 4.79 Å². The maximum atomic E-state index is 12.5. The molecule has 0 amide bonds. The van der Waals surface area contributed by atoms with Crippen molar-refractivity contribution in [2.45, 2.75) is 4.90 Å². The van der Waals surface area contributed by atoms with E-state index >= 15 is 0 Å². The Morgan fingerprint density at radius 3 is 2.04 bits per heavy atom. The van der Waals surface area contributed by atoms with Crippen LogP contribution < -0.4 is 0 Å². The van der Waals surface area contributed by atoms with Gasteiger partial charge in [-0.05, 0) is 12.1 Å². The largest absolute Gasteiger partial charge is 0.410 e. The van der Waals surface area contributed by atoms with Crippen LogP contribution in [0, 0.1) is 0 Å². The Hall–Kier alpha value is -2.89. The number of carbonyl (C=O) groups excluding carboxylic acids is 2. The normalized spacial score (nSPS) is 10.7. The highest BCUT2D eigenvalue weighted by Crippen LogP contribution is 2.17. The Morgan fingerprint density at radius 2 is 1.48 bits per heavy atom. The summed E-state index contributed by atoms with van der Waals surface area (Å²) in [6.45, 7) is 0. The molecule has 0 spiro atoms. The number of hydrogen-bond donors (Lipinski definition) is 0. The van der Waals surface area contributed by atoms with E-state index in [0.717, 1.165) is 6.26 Å². The Labute approximate surface area is 132 Å². The number of rotatable bonds is 5. The van der Waals surface area contributed by atoms with Crippen molar-refractivity contribution in [3.8, 4) is 0 Å². The maximum absolute atomic E-state index is 12.5. The third-order valence-electron chi connectivity index (χ3n) is 3.10. The van der Waals surface area contributed by atoms with Gasteiger partial charge in [-0.15, -0.1) is 0 Å². The van der Waals surface area contributed by atoms with E-state index in [1.54, 1.807) is 18.2 Å². The van der Waals surface area contributed by atoms with Crippen LogP contribution in [-0.2, 0) is 9.84 Å². The van der Waals surface area contributed by atoms with Crippen molar-refractivity contribution in [2.75, 3.05) is 6.26 Å². The molecule has 6 nitrogen and oxygen atoms in total. The first-order valence-electron chi connectivity index (χ1n) is 6.52. The number of nitrogens with zero attached hydrogens (tertiary/aromatic N) is 2. The van der Waals surface area contributed by atoms with E-state index < -0.39 is 27.1 Å². The van der Waals surface area contributed by atoms with Gasteiger partial charge in [-0.25, -0.2) is 8.42 Å². The molecule has 23 heavy (non-hydrogen) atoms. The summed E-state index contributed by atoms with van der Waals surface area (Å²) in [5, 5.41) is 0. The van der Waals surface area contributed by atoms with E-state index in [-0.39, 0.29) is 16.0 Å². The second-order valence-electron chi connectivity index (χ2n) is 4.74. The lowest BCUT2D eigenvalue weighted by Gasteiger charge is -2.04. The third kappa shape index (κ3) is 3.48. The van der Waals surface area contributed by atoms with Crippen LogP contribution in [-0.4, -0.2) is 36.7 Å². The summed E-state index contributed by atoms with van der Waals surface area (Å²) in [6, 6.07) is 13.2. The number of benzene rings is 2. The predicted molar refractivity (Wildman–Crippen MR) is 83.3 cm³/mol. The lowest BCUT2D eigenvalue weighted by molar-refractivity contribution is -0.00702. The van der Waals surface area contributed by atoms with Gasteiger partial charge in [0, 0.05) is 17.4 Å². The van der Waals surface area contributed by atoms with Crippen molar-refractivity contribution in [1.29, 1.82) is 0 Å². The second kappa shape index (κ2) is 6.48. The van der Waals surface area contributed by atoms with Gasteiger partial charge in [-0.3, -0.25) is 9.59 Å². The molecule has 0 heterocycles. The Bertz CT molecular complexity index is 928. The molecule has 0 atom stereocenters. The molecule has 0 aliphatic carbocycles. The van der Waals surface area contributed by atoms with E-state index in [9.17, 15) is 18.0 Å². The average Bonchev–Trinajstić information content (AvgIpc) is 2.55. The van der Waals surface area contributed by atoms with Gasteiger partial charge >= 0.3 is 5.71 Å². The van der Waals surface area contributed by atoms with Gasteiger partial charge in [0.2, 0.25) is 0 Å². The van der Waals surface area contributed by atoms with E-state index in [0.29, 0.717) is 0 Å². The van der Waals surface area contributed by atoms with Crippen LogP contribution in [0.2, 0.25) is 0 Å². The van der Waals surface area contributed by atoms with Crippen LogP contribution in [0.1, 0.15) is 20.7 Å². The minimum Gasteiger partial charge on any atom is -0.360 e. The molecule has 7 heteroatoms. The minimum atomic E-state index is -3.68. The quantitative estimate of drug-likeness (QED) is 0.274. The van der Waals surface area contributed by atoms with Crippen LogP contribution in [0.4, 0.5) is 0 Å². The summed E-state index contributed by atoms with van der Waals surface area (Å²) in [4.78, 5) is 27.3. The molecule has 0 unspecified atom stereocenters. The van der Waals surface area contributed by atoms with Crippen molar-refractivity contribution in [2.24, 2.45) is 0 Å². The maximum Gasteiger partial charge on any atom is 0.410 e. The first-order chi connectivity index (χ1) is 10.9. The first kappa shape index (κ1) is 16.5. The van der Waals surface area contributed by atoms with E-state index in [1.165, 1.54) is 36.4 Å². The molecule has 2 aromatic rings. The zero-order valence-corrected chi connectivity index (χ0v) is 12.9. The number of hydrogen-bond acceptors (Lipinski definition) is 4. The van der Waals surface area contributed by atoms with E-state index in [4.69, 9.17) is 5.53 Å². The molecular formula is C16H12N2O4S. The fourth-order valence-electron chi connectivity index (χ4n) is 2.03. The summed E-state index contributed by atoms with van der Waals surface area (Å²) in [5.41, 5.74) is 8.28. The van der Waals surface area contributed by atoms with Crippen LogP contribution >= 0.6 is 0 Å². The van der Waals surface area contributed by atoms with Crippen LogP contribution in [0.3, 0.4) is 0 Å². The van der Waals surface area contributed by atoms with Crippen LogP contribution in [0.25, 0.3) is 5.53 Å². The zero-order valence-electron chi connectivity index (χ0n) is 12.1. The molecule has 0 saturated heterocycles. The van der Waals surface area contributed by atoms with Gasteiger partial charge in [0.25, 0.3) is 11.6 Å². The van der Waals surface area contributed by atoms with E-state index in [2.05, 4.69) is 4.79 Å². The summed E-state index contributed by atoms with van der Waals surface area (Å²) in [7, 11) is -3.68. The number of ketones is 2. The summed E-state index contributed by atoms with van der Waals surface area (Å²) >= 11 is 0. The van der Waals surface area contributed by atoms with Crippen LogP contribution in [0.15, 0.2) is 59.5 Å². The number of sulfone groups is 1. The van der Waals surface area contributed by atoms with Crippen molar-refractivity contribution in [3.63, 3.8) is 0 Å². The summed E-state index contributed by atoms with van der Waals surface area (Å²) < 4.78 is 23.5. The highest BCUT2D eigenvalue weighted by molar-refractivity contribution is 7.90. The monoisotopic (exact) mass is 328 g/mol.